The quantitative estimate of drug-likeness (QED) is 0.815. The number of rotatable bonds is 4. The summed E-state index contributed by atoms with van der Waals surface area (Å²) in [5, 5.41) is 9.57. The zero-order valence-corrected chi connectivity index (χ0v) is 11.9. The zero-order chi connectivity index (χ0) is 13.8. The van der Waals surface area contributed by atoms with Gasteiger partial charge in [0.25, 0.3) is 0 Å². The molecule has 0 spiro atoms. The van der Waals surface area contributed by atoms with Crippen LogP contribution in [0.5, 0.6) is 0 Å². The van der Waals surface area contributed by atoms with Crippen molar-refractivity contribution < 1.29 is 9.90 Å². The second-order valence-corrected chi connectivity index (χ2v) is 5.90. The number of aromatic carboxylic acids is 1. The van der Waals surface area contributed by atoms with Crippen molar-refractivity contribution in [2.24, 2.45) is 0 Å². The largest absolute Gasteiger partial charge is 0.478 e. The van der Waals surface area contributed by atoms with E-state index in [-0.39, 0.29) is 15.8 Å². The molecule has 2 aromatic carbocycles. The first kappa shape index (κ1) is 14.0. The van der Waals surface area contributed by atoms with Gasteiger partial charge in [0, 0.05) is 10.1 Å². The fourth-order valence-electron chi connectivity index (χ4n) is 1.87. The Bertz CT molecular complexity index is 584. The molecule has 2 rings (SSSR count). The summed E-state index contributed by atoms with van der Waals surface area (Å²) in [5.74, 6) is -0.985. The predicted octanol–water partition coefficient (Wildman–Crippen LogP) is 4.89. The van der Waals surface area contributed by atoms with Gasteiger partial charge in [0.15, 0.2) is 0 Å². The molecule has 2 aromatic rings. The Hall–Kier alpha value is -1.45. The number of carbonyl (C=O) groups is 1. The van der Waals surface area contributed by atoms with Crippen LogP contribution in [0.2, 0.25) is 5.02 Å². The molecule has 0 saturated carbocycles. The normalized spacial score (nSPS) is 12.1. The monoisotopic (exact) mass is 292 g/mol. The van der Waals surface area contributed by atoms with E-state index in [1.54, 1.807) is 23.9 Å². The minimum atomic E-state index is -0.985. The van der Waals surface area contributed by atoms with Crippen LogP contribution < -0.4 is 0 Å². The fraction of sp³-hybridized carbons (Fsp3) is 0.133. The highest BCUT2D eigenvalue weighted by Crippen LogP contribution is 2.37. The van der Waals surface area contributed by atoms with Gasteiger partial charge in [0.1, 0.15) is 0 Å². The molecule has 0 bridgehead atoms. The summed E-state index contributed by atoms with van der Waals surface area (Å²) >= 11 is 7.60. The van der Waals surface area contributed by atoms with E-state index in [0.29, 0.717) is 0 Å². The number of thioether (sulfide) groups is 1. The molecule has 0 aliphatic rings. The first-order valence-electron chi connectivity index (χ1n) is 5.83. The number of carboxylic acid groups (broad SMARTS) is 1. The van der Waals surface area contributed by atoms with E-state index in [4.69, 9.17) is 11.6 Å². The summed E-state index contributed by atoms with van der Waals surface area (Å²) in [6.07, 6.45) is 0. The van der Waals surface area contributed by atoms with Crippen LogP contribution in [0.1, 0.15) is 28.1 Å². The molecule has 1 unspecified atom stereocenters. The Kier molecular flexibility index (Phi) is 4.51. The van der Waals surface area contributed by atoms with Crippen LogP contribution >= 0.6 is 23.4 Å². The van der Waals surface area contributed by atoms with E-state index in [2.05, 4.69) is 0 Å². The van der Waals surface area contributed by atoms with E-state index in [0.717, 1.165) is 10.5 Å². The van der Waals surface area contributed by atoms with Crippen molar-refractivity contribution in [1.82, 2.24) is 0 Å². The van der Waals surface area contributed by atoms with Crippen LogP contribution in [0.25, 0.3) is 0 Å². The highest BCUT2D eigenvalue weighted by molar-refractivity contribution is 7.99. The van der Waals surface area contributed by atoms with Crippen LogP contribution in [0, 0.1) is 0 Å². The average Bonchev–Trinajstić information content (AvgIpc) is 2.39. The molecule has 0 heterocycles. The summed E-state index contributed by atoms with van der Waals surface area (Å²) in [7, 11) is 0. The van der Waals surface area contributed by atoms with Crippen molar-refractivity contribution in [3.63, 3.8) is 0 Å². The van der Waals surface area contributed by atoms with Crippen LogP contribution in [0.4, 0.5) is 0 Å². The molecule has 0 radical (unpaired) electrons. The van der Waals surface area contributed by atoms with Crippen LogP contribution in [0.15, 0.2) is 53.4 Å². The van der Waals surface area contributed by atoms with E-state index in [9.17, 15) is 9.90 Å². The summed E-state index contributed by atoms with van der Waals surface area (Å²) in [6.45, 7) is 1.98. The molecule has 0 saturated heterocycles. The summed E-state index contributed by atoms with van der Waals surface area (Å²) < 4.78 is 0. The van der Waals surface area contributed by atoms with Crippen molar-refractivity contribution in [3.05, 3.63) is 64.7 Å². The average molecular weight is 293 g/mol. The van der Waals surface area contributed by atoms with Crippen molar-refractivity contribution >= 4 is 29.3 Å². The molecule has 0 aliphatic carbocycles. The summed E-state index contributed by atoms with van der Waals surface area (Å²) in [4.78, 5) is 12.4. The third-order valence-corrected chi connectivity index (χ3v) is 4.22. The van der Waals surface area contributed by atoms with Gasteiger partial charge < -0.3 is 5.11 Å². The van der Waals surface area contributed by atoms with Gasteiger partial charge in [0.2, 0.25) is 0 Å². The Morgan fingerprint density at radius 2 is 1.84 bits per heavy atom. The van der Waals surface area contributed by atoms with E-state index < -0.39 is 5.97 Å². The van der Waals surface area contributed by atoms with Gasteiger partial charge in [-0.3, -0.25) is 0 Å². The minimum Gasteiger partial charge on any atom is -0.478 e. The molecule has 19 heavy (non-hydrogen) atoms. The maximum atomic E-state index is 11.3. The number of hydrogen-bond donors (Lipinski definition) is 1. The van der Waals surface area contributed by atoms with Gasteiger partial charge in [0.05, 0.1) is 10.6 Å². The topological polar surface area (TPSA) is 37.3 Å². The lowest BCUT2D eigenvalue weighted by molar-refractivity contribution is 0.0696. The highest BCUT2D eigenvalue weighted by atomic mass is 35.5. The fourth-order valence-corrected chi connectivity index (χ4v) is 3.18. The third kappa shape index (κ3) is 3.31. The molecule has 0 aromatic heterocycles. The van der Waals surface area contributed by atoms with Gasteiger partial charge >= 0.3 is 5.97 Å². The van der Waals surface area contributed by atoms with Gasteiger partial charge in [-0.25, -0.2) is 4.79 Å². The lowest BCUT2D eigenvalue weighted by Crippen LogP contribution is -2.04. The van der Waals surface area contributed by atoms with Crippen LogP contribution in [-0.4, -0.2) is 11.1 Å². The van der Waals surface area contributed by atoms with E-state index in [1.165, 1.54) is 0 Å². The summed E-state index contributed by atoms with van der Waals surface area (Å²) in [6, 6.07) is 15.1. The predicted molar refractivity (Wildman–Crippen MR) is 79.1 cm³/mol. The SMILES string of the molecule is CC(Sc1ccccc1)c1cccc(Cl)c1C(=O)O. The number of halogens is 1. The maximum Gasteiger partial charge on any atom is 0.337 e. The van der Waals surface area contributed by atoms with E-state index >= 15 is 0 Å². The second kappa shape index (κ2) is 6.13. The molecular weight excluding hydrogens is 280 g/mol. The van der Waals surface area contributed by atoms with Crippen LogP contribution in [-0.2, 0) is 0 Å². The molecule has 2 nitrogen and oxygen atoms in total. The second-order valence-electron chi connectivity index (χ2n) is 4.08. The van der Waals surface area contributed by atoms with Gasteiger partial charge in [-0.1, -0.05) is 41.9 Å². The van der Waals surface area contributed by atoms with Crippen molar-refractivity contribution in [2.45, 2.75) is 17.1 Å². The van der Waals surface area contributed by atoms with Crippen molar-refractivity contribution in [3.8, 4) is 0 Å². The Balaban J connectivity index is 2.31. The van der Waals surface area contributed by atoms with Crippen molar-refractivity contribution in [1.29, 1.82) is 0 Å². The maximum absolute atomic E-state index is 11.3. The van der Waals surface area contributed by atoms with Crippen molar-refractivity contribution in [2.75, 3.05) is 0 Å². The highest BCUT2D eigenvalue weighted by Gasteiger charge is 2.19. The Morgan fingerprint density at radius 3 is 2.47 bits per heavy atom. The first-order valence-corrected chi connectivity index (χ1v) is 7.08. The Labute approximate surface area is 121 Å². The van der Waals surface area contributed by atoms with Gasteiger partial charge in [-0.05, 0) is 30.7 Å². The van der Waals surface area contributed by atoms with E-state index in [1.807, 2.05) is 43.3 Å². The molecular formula is C15H13ClO2S. The lowest BCUT2D eigenvalue weighted by Gasteiger charge is -2.15. The molecule has 1 N–H and O–H groups in total. The first-order chi connectivity index (χ1) is 9.09. The number of hydrogen-bond acceptors (Lipinski definition) is 2. The molecule has 4 heteroatoms. The number of carboxylic acids is 1. The summed E-state index contributed by atoms with van der Waals surface area (Å²) in [5.41, 5.74) is 0.939. The minimum absolute atomic E-state index is 0.0206. The molecule has 98 valence electrons. The smallest absolute Gasteiger partial charge is 0.337 e. The number of benzene rings is 2. The molecule has 1 atom stereocenters. The lowest BCUT2D eigenvalue weighted by atomic mass is 10.1. The van der Waals surface area contributed by atoms with Gasteiger partial charge in [-0.2, -0.15) is 0 Å². The Morgan fingerprint density at radius 1 is 1.16 bits per heavy atom. The molecule has 0 amide bonds. The third-order valence-electron chi connectivity index (χ3n) is 2.75. The van der Waals surface area contributed by atoms with Gasteiger partial charge in [-0.15, -0.1) is 11.8 Å². The van der Waals surface area contributed by atoms with Crippen LogP contribution in [0.3, 0.4) is 0 Å². The molecule has 0 fully saturated rings. The molecule has 0 aliphatic heterocycles. The zero-order valence-electron chi connectivity index (χ0n) is 10.3. The standard InChI is InChI=1S/C15H13ClO2S/c1-10(19-11-6-3-2-4-7-11)12-8-5-9-13(16)14(12)15(17)18/h2-10H,1H3,(H,17,18).